The highest BCUT2D eigenvalue weighted by molar-refractivity contribution is 6.21. The van der Waals surface area contributed by atoms with E-state index in [1.165, 1.54) is 25.0 Å². The third-order valence-electron chi connectivity index (χ3n) is 3.66. The molecule has 0 radical (unpaired) electrons. The van der Waals surface area contributed by atoms with E-state index in [4.69, 9.17) is 11.6 Å². The van der Waals surface area contributed by atoms with E-state index in [-0.39, 0.29) is 17.2 Å². The predicted octanol–water partition coefficient (Wildman–Crippen LogP) is 4.61. The van der Waals surface area contributed by atoms with Gasteiger partial charge < -0.3 is 10.1 Å². The molecule has 6 heteroatoms. The minimum Gasteiger partial charge on any atom is -0.406 e. The van der Waals surface area contributed by atoms with Gasteiger partial charge in [-0.05, 0) is 30.5 Å². The molecule has 21 heavy (non-hydrogen) atoms. The third kappa shape index (κ3) is 5.75. The highest BCUT2D eigenvalue weighted by atomic mass is 35.5. The Kier molecular flexibility index (Phi) is 5.76. The topological polar surface area (TPSA) is 21.3 Å². The maximum absolute atomic E-state index is 12.1. The Morgan fingerprint density at radius 3 is 2.43 bits per heavy atom. The molecule has 0 bridgehead atoms. The highest BCUT2D eigenvalue weighted by Crippen LogP contribution is 2.24. The summed E-state index contributed by atoms with van der Waals surface area (Å²) < 4.78 is 40.0. The summed E-state index contributed by atoms with van der Waals surface area (Å²) >= 11 is 6.34. The van der Waals surface area contributed by atoms with E-state index in [1.807, 2.05) is 0 Å². The maximum Gasteiger partial charge on any atom is 0.573 e. The molecule has 1 saturated carbocycles. The highest BCUT2D eigenvalue weighted by Gasteiger charge is 2.31. The third-order valence-corrected chi connectivity index (χ3v) is 4.18. The first-order valence-corrected chi connectivity index (χ1v) is 7.60. The van der Waals surface area contributed by atoms with Crippen LogP contribution < -0.4 is 10.1 Å². The van der Waals surface area contributed by atoms with E-state index in [0.717, 1.165) is 24.8 Å². The molecule has 2 unspecified atom stereocenters. The predicted molar refractivity (Wildman–Crippen MR) is 76.5 cm³/mol. The lowest BCUT2D eigenvalue weighted by atomic mass is 10.1. The van der Waals surface area contributed by atoms with Crippen LogP contribution in [0.1, 0.15) is 37.7 Å². The van der Waals surface area contributed by atoms with Crippen molar-refractivity contribution in [2.75, 3.05) is 0 Å². The second-order valence-corrected chi connectivity index (χ2v) is 5.89. The Labute approximate surface area is 127 Å². The summed E-state index contributed by atoms with van der Waals surface area (Å²) in [4.78, 5) is 0. The molecule has 2 atom stereocenters. The zero-order chi connectivity index (χ0) is 15.3. The van der Waals surface area contributed by atoms with Crippen LogP contribution in [0.2, 0.25) is 0 Å². The van der Waals surface area contributed by atoms with Gasteiger partial charge in [0, 0.05) is 18.0 Å². The molecule has 0 heterocycles. The first-order chi connectivity index (χ1) is 9.94. The largest absolute Gasteiger partial charge is 0.573 e. The molecule has 1 aromatic rings. The van der Waals surface area contributed by atoms with Crippen molar-refractivity contribution in [3.05, 3.63) is 29.8 Å². The van der Waals surface area contributed by atoms with E-state index in [0.29, 0.717) is 6.54 Å². The molecular formula is C15H19ClF3NO. The van der Waals surface area contributed by atoms with Crippen molar-refractivity contribution in [1.82, 2.24) is 5.32 Å². The summed E-state index contributed by atoms with van der Waals surface area (Å²) in [7, 11) is 0. The van der Waals surface area contributed by atoms with Crippen LogP contribution in [-0.4, -0.2) is 17.8 Å². The zero-order valence-corrected chi connectivity index (χ0v) is 12.4. The molecule has 2 nitrogen and oxygen atoms in total. The first kappa shape index (κ1) is 16.4. The summed E-state index contributed by atoms with van der Waals surface area (Å²) in [5, 5.41) is 3.53. The van der Waals surface area contributed by atoms with Crippen LogP contribution >= 0.6 is 11.6 Å². The molecule has 0 saturated heterocycles. The summed E-state index contributed by atoms with van der Waals surface area (Å²) in [5.41, 5.74) is 0.914. The molecule has 0 aromatic heterocycles. The summed E-state index contributed by atoms with van der Waals surface area (Å²) in [6.45, 7) is 0.597. The smallest absolute Gasteiger partial charge is 0.406 e. The number of ether oxygens (including phenoxy) is 1. The molecule has 1 N–H and O–H groups in total. The Morgan fingerprint density at radius 2 is 1.76 bits per heavy atom. The average molecular weight is 322 g/mol. The van der Waals surface area contributed by atoms with Gasteiger partial charge >= 0.3 is 6.36 Å². The molecule has 1 aromatic carbocycles. The molecular weight excluding hydrogens is 303 g/mol. The van der Waals surface area contributed by atoms with Crippen LogP contribution in [-0.2, 0) is 6.54 Å². The van der Waals surface area contributed by atoms with Crippen LogP contribution in [0, 0.1) is 0 Å². The quantitative estimate of drug-likeness (QED) is 0.645. The Bertz CT molecular complexity index is 436. The molecule has 1 aliphatic carbocycles. The van der Waals surface area contributed by atoms with Gasteiger partial charge in [0.1, 0.15) is 5.75 Å². The molecule has 118 valence electrons. The minimum absolute atomic E-state index is 0.125. The van der Waals surface area contributed by atoms with E-state index in [9.17, 15) is 13.2 Å². The lowest BCUT2D eigenvalue weighted by Crippen LogP contribution is -2.35. The number of hydrogen-bond donors (Lipinski definition) is 1. The van der Waals surface area contributed by atoms with Gasteiger partial charge in [-0.25, -0.2) is 0 Å². The van der Waals surface area contributed by atoms with Crippen molar-refractivity contribution in [3.63, 3.8) is 0 Å². The standard InChI is InChI=1S/C15H19ClF3NO/c16-13-4-2-1-3-5-14(13)20-10-11-6-8-12(9-7-11)21-15(17,18)19/h6-9,13-14,20H,1-5,10H2. The van der Waals surface area contributed by atoms with Crippen molar-refractivity contribution >= 4 is 11.6 Å². The average Bonchev–Trinajstić information content (AvgIpc) is 2.61. The van der Waals surface area contributed by atoms with Crippen molar-refractivity contribution in [2.24, 2.45) is 0 Å². The van der Waals surface area contributed by atoms with Crippen LogP contribution in [0.3, 0.4) is 0 Å². The second-order valence-electron chi connectivity index (χ2n) is 5.33. The van der Waals surface area contributed by atoms with Gasteiger partial charge in [0.25, 0.3) is 0 Å². The van der Waals surface area contributed by atoms with E-state index < -0.39 is 6.36 Å². The fourth-order valence-corrected chi connectivity index (χ4v) is 2.92. The van der Waals surface area contributed by atoms with Crippen LogP contribution in [0.5, 0.6) is 5.75 Å². The van der Waals surface area contributed by atoms with Gasteiger partial charge in [-0.3, -0.25) is 0 Å². The fourth-order valence-electron chi connectivity index (χ4n) is 2.55. The van der Waals surface area contributed by atoms with Crippen molar-refractivity contribution in [2.45, 2.75) is 56.4 Å². The summed E-state index contributed by atoms with van der Waals surface area (Å²) in [6, 6.07) is 6.19. The summed E-state index contributed by atoms with van der Waals surface area (Å²) in [5.74, 6) is -0.198. The summed E-state index contributed by atoms with van der Waals surface area (Å²) in [6.07, 6.45) is 0.951. The van der Waals surface area contributed by atoms with Crippen molar-refractivity contribution in [3.8, 4) is 5.75 Å². The number of benzene rings is 1. The van der Waals surface area contributed by atoms with Crippen LogP contribution in [0.25, 0.3) is 0 Å². The van der Waals surface area contributed by atoms with Crippen LogP contribution in [0.15, 0.2) is 24.3 Å². The molecule has 0 amide bonds. The first-order valence-electron chi connectivity index (χ1n) is 7.16. The van der Waals surface area contributed by atoms with Gasteiger partial charge in [-0.1, -0.05) is 31.4 Å². The normalized spacial score (nSPS) is 23.6. The molecule has 1 aliphatic rings. The van der Waals surface area contributed by atoms with Gasteiger partial charge in [-0.15, -0.1) is 24.8 Å². The molecule has 2 rings (SSSR count). The Balaban J connectivity index is 1.85. The van der Waals surface area contributed by atoms with Gasteiger partial charge in [0.2, 0.25) is 0 Å². The SMILES string of the molecule is FC(F)(F)Oc1ccc(CNC2CCCCCC2Cl)cc1. The number of rotatable bonds is 4. The van der Waals surface area contributed by atoms with Crippen molar-refractivity contribution < 1.29 is 17.9 Å². The molecule has 0 spiro atoms. The van der Waals surface area contributed by atoms with Crippen molar-refractivity contribution in [1.29, 1.82) is 0 Å². The van der Waals surface area contributed by atoms with Crippen LogP contribution in [0.4, 0.5) is 13.2 Å². The lowest BCUT2D eigenvalue weighted by molar-refractivity contribution is -0.274. The molecule has 0 aliphatic heterocycles. The Morgan fingerprint density at radius 1 is 1.10 bits per heavy atom. The lowest BCUT2D eigenvalue weighted by Gasteiger charge is -2.21. The minimum atomic E-state index is -4.65. The van der Waals surface area contributed by atoms with Gasteiger partial charge in [0.15, 0.2) is 0 Å². The van der Waals surface area contributed by atoms with E-state index in [2.05, 4.69) is 10.1 Å². The maximum atomic E-state index is 12.1. The molecule has 1 fully saturated rings. The van der Waals surface area contributed by atoms with Gasteiger partial charge in [-0.2, -0.15) is 0 Å². The number of halogens is 4. The number of nitrogens with one attached hydrogen (secondary N) is 1. The monoisotopic (exact) mass is 321 g/mol. The number of hydrogen-bond acceptors (Lipinski definition) is 2. The zero-order valence-electron chi connectivity index (χ0n) is 11.6. The Hall–Kier alpha value is -0.940. The fraction of sp³-hybridized carbons (Fsp3) is 0.600. The number of alkyl halides is 4. The van der Waals surface area contributed by atoms with E-state index in [1.54, 1.807) is 12.1 Å². The van der Waals surface area contributed by atoms with E-state index >= 15 is 0 Å². The van der Waals surface area contributed by atoms with Gasteiger partial charge in [0.05, 0.1) is 0 Å². The second kappa shape index (κ2) is 7.36.